The van der Waals surface area contributed by atoms with Gasteiger partial charge >= 0.3 is 0 Å². The monoisotopic (exact) mass is 238 g/mol. The SMILES string of the molecule is Cc1noc(C)c1NCc1ccc(F)c(F)c1. The quantitative estimate of drug-likeness (QED) is 0.892. The number of nitrogens with zero attached hydrogens (tertiary/aromatic N) is 1. The normalized spacial score (nSPS) is 10.6. The Bertz CT molecular complexity index is 518. The summed E-state index contributed by atoms with van der Waals surface area (Å²) < 4.78 is 30.7. The number of rotatable bonds is 3. The molecule has 17 heavy (non-hydrogen) atoms. The molecule has 1 aromatic heterocycles. The van der Waals surface area contributed by atoms with E-state index in [4.69, 9.17) is 4.52 Å². The molecule has 3 nitrogen and oxygen atoms in total. The molecule has 0 amide bonds. The molecule has 0 saturated heterocycles. The topological polar surface area (TPSA) is 38.1 Å². The third-order valence-electron chi connectivity index (χ3n) is 2.49. The Morgan fingerprint density at radius 2 is 2.00 bits per heavy atom. The molecule has 2 rings (SSSR count). The number of hydrogen-bond acceptors (Lipinski definition) is 3. The molecule has 0 radical (unpaired) electrons. The van der Waals surface area contributed by atoms with Crippen LogP contribution in [0.1, 0.15) is 17.0 Å². The van der Waals surface area contributed by atoms with Gasteiger partial charge in [0.2, 0.25) is 0 Å². The van der Waals surface area contributed by atoms with Gasteiger partial charge in [-0.2, -0.15) is 0 Å². The van der Waals surface area contributed by atoms with Crippen molar-refractivity contribution < 1.29 is 13.3 Å². The molecule has 1 N–H and O–H groups in total. The predicted molar refractivity (Wildman–Crippen MR) is 59.7 cm³/mol. The minimum Gasteiger partial charge on any atom is -0.377 e. The largest absolute Gasteiger partial charge is 0.377 e. The smallest absolute Gasteiger partial charge is 0.159 e. The van der Waals surface area contributed by atoms with Gasteiger partial charge in [-0.15, -0.1) is 0 Å². The van der Waals surface area contributed by atoms with Crippen molar-refractivity contribution in [3.05, 3.63) is 46.9 Å². The number of anilines is 1. The van der Waals surface area contributed by atoms with Crippen LogP contribution in [-0.4, -0.2) is 5.16 Å². The fraction of sp³-hybridized carbons (Fsp3) is 0.250. The molecular weight excluding hydrogens is 226 g/mol. The Hall–Kier alpha value is -1.91. The van der Waals surface area contributed by atoms with Gasteiger partial charge in [-0.3, -0.25) is 0 Å². The van der Waals surface area contributed by atoms with E-state index in [0.717, 1.165) is 17.4 Å². The maximum atomic E-state index is 13.0. The van der Waals surface area contributed by atoms with Gasteiger partial charge in [-0.05, 0) is 31.5 Å². The summed E-state index contributed by atoms with van der Waals surface area (Å²) in [5.74, 6) is -1.01. The summed E-state index contributed by atoms with van der Waals surface area (Å²) in [7, 11) is 0. The minimum atomic E-state index is -0.844. The Morgan fingerprint density at radius 1 is 1.24 bits per heavy atom. The molecule has 1 aromatic carbocycles. The van der Waals surface area contributed by atoms with Crippen LogP contribution in [0, 0.1) is 25.5 Å². The Labute approximate surface area is 97.4 Å². The van der Waals surface area contributed by atoms with E-state index in [1.807, 2.05) is 6.92 Å². The lowest BCUT2D eigenvalue weighted by molar-refractivity contribution is 0.393. The van der Waals surface area contributed by atoms with Gasteiger partial charge in [-0.1, -0.05) is 11.2 Å². The summed E-state index contributed by atoms with van der Waals surface area (Å²) in [4.78, 5) is 0. The fourth-order valence-corrected chi connectivity index (χ4v) is 1.58. The minimum absolute atomic E-state index is 0.389. The van der Waals surface area contributed by atoms with Crippen molar-refractivity contribution in [1.82, 2.24) is 5.16 Å². The number of benzene rings is 1. The van der Waals surface area contributed by atoms with Crippen molar-refractivity contribution in [3.8, 4) is 0 Å². The Balaban J connectivity index is 2.10. The lowest BCUT2D eigenvalue weighted by Crippen LogP contribution is -2.01. The second-order valence-corrected chi connectivity index (χ2v) is 3.80. The van der Waals surface area contributed by atoms with E-state index < -0.39 is 11.6 Å². The molecule has 0 saturated carbocycles. The second kappa shape index (κ2) is 4.53. The molecular formula is C12H12F2N2O. The zero-order valence-electron chi connectivity index (χ0n) is 9.55. The van der Waals surface area contributed by atoms with E-state index >= 15 is 0 Å². The second-order valence-electron chi connectivity index (χ2n) is 3.80. The van der Waals surface area contributed by atoms with Crippen molar-refractivity contribution in [2.24, 2.45) is 0 Å². The Kier molecular flexibility index (Phi) is 3.08. The summed E-state index contributed by atoms with van der Waals surface area (Å²) in [5.41, 5.74) is 2.18. The van der Waals surface area contributed by atoms with Gasteiger partial charge in [0.05, 0.1) is 0 Å². The number of hydrogen-bond donors (Lipinski definition) is 1. The molecule has 90 valence electrons. The van der Waals surface area contributed by atoms with E-state index in [2.05, 4.69) is 10.5 Å². The van der Waals surface area contributed by atoms with Gasteiger partial charge < -0.3 is 9.84 Å². The van der Waals surface area contributed by atoms with E-state index in [-0.39, 0.29) is 0 Å². The van der Waals surface area contributed by atoms with E-state index in [1.165, 1.54) is 12.1 Å². The Morgan fingerprint density at radius 3 is 2.59 bits per heavy atom. The van der Waals surface area contributed by atoms with Gasteiger partial charge in [-0.25, -0.2) is 8.78 Å². The van der Waals surface area contributed by atoms with Crippen molar-refractivity contribution in [3.63, 3.8) is 0 Å². The molecule has 0 aliphatic rings. The molecule has 0 atom stereocenters. The molecule has 5 heteroatoms. The van der Waals surface area contributed by atoms with Crippen molar-refractivity contribution >= 4 is 5.69 Å². The third kappa shape index (κ3) is 2.43. The van der Waals surface area contributed by atoms with Gasteiger partial charge in [0, 0.05) is 6.54 Å². The van der Waals surface area contributed by atoms with Gasteiger partial charge in [0.1, 0.15) is 11.4 Å². The fourth-order valence-electron chi connectivity index (χ4n) is 1.58. The highest BCUT2D eigenvalue weighted by atomic mass is 19.2. The number of aryl methyl sites for hydroxylation is 2. The van der Waals surface area contributed by atoms with Crippen LogP contribution >= 0.6 is 0 Å². The van der Waals surface area contributed by atoms with Gasteiger partial charge in [0.25, 0.3) is 0 Å². The van der Waals surface area contributed by atoms with Crippen LogP contribution < -0.4 is 5.32 Å². The standard InChI is InChI=1S/C12H12F2N2O/c1-7-12(8(2)17-16-7)15-6-9-3-4-10(13)11(14)5-9/h3-5,15H,6H2,1-2H3. The number of halogens is 2. The molecule has 0 aliphatic heterocycles. The first-order valence-corrected chi connectivity index (χ1v) is 5.18. The summed E-state index contributed by atoms with van der Waals surface area (Å²) in [6.45, 7) is 3.98. The zero-order valence-corrected chi connectivity index (χ0v) is 9.55. The van der Waals surface area contributed by atoms with Crippen LogP contribution in [0.25, 0.3) is 0 Å². The van der Waals surface area contributed by atoms with E-state index in [9.17, 15) is 8.78 Å². The van der Waals surface area contributed by atoms with Crippen molar-refractivity contribution in [2.45, 2.75) is 20.4 Å². The summed E-state index contributed by atoms with van der Waals surface area (Å²) >= 11 is 0. The van der Waals surface area contributed by atoms with Crippen LogP contribution in [0.5, 0.6) is 0 Å². The maximum Gasteiger partial charge on any atom is 0.159 e. The van der Waals surface area contributed by atoms with Gasteiger partial charge in [0.15, 0.2) is 17.4 Å². The highest BCUT2D eigenvalue weighted by Crippen LogP contribution is 2.19. The van der Waals surface area contributed by atoms with Crippen LogP contribution in [0.4, 0.5) is 14.5 Å². The summed E-state index contributed by atoms with van der Waals surface area (Å²) in [5, 5.41) is 6.87. The first-order chi connectivity index (χ1) is 8.08. The highest BCUT2D eigenvalue weighted by molar-refractivity contribution is 5.50. The highest BCUT2D eigenvalue weighted by Gasteiger charge is 2.08. The molecule has 0 bridgehead atoms. The van der Waals surface area contributed by atoms with Crippen LogP contribution in [-0.2, 0) is 6.54 Å². The summed E-state index contributed by atoms with van der Waals surface area (Å²) in [6.07, 6.45) is 0. The molecule has 0 fully saturated rings. The number of nitrogens with one attached hydrogen (secondary N) is 1. The summed E-state index contributed by atoms with van der Waals surface area (Å²) in [6, 6.07) is 3.81. The molecule has 0 unspecified atom stereocenters. The predicted octanol–water partition coefficient (Wildman–Crippen LogP) is 3.18. The van der Waals surface area contributed by atoms with Crippen molar-refractivity contribution in [1.29, 1.82) is 0 Å². The lowest BCUT2D eigenvalue weighted by atomic mass is 10.2. The van der Waals surface area contributed by atoms with Crippen LogP contribution in [0.3, 0.4) is 0 Å². The average Bonchev–Trinajstić information content (AvgIpc) is 2.61. The maximum absolute atomic E-state index is 13.0. The molecule has 0 spiro atoms. The third-order valence-corrected chi connectivity index (χ3v) is 2.49. The van der Waals surface area contributed by atoms with E-state index in [0.29, 0.717) is 17.9 Å². The van der Waals surface area contributed by atoms with E-state index in [1.54, 1.807) is 6.92 Å². The van der Waals surface area contributed by atoms with Crippen LogP contribution in [0.15, 0.2) is 22.7 Å². The number of aromatic nitrogens is 1. The first kappa shape index (κ1) is 11.6. The van der Waals surface area contributed by atoms with Crippen LogP contribution in [0.2, 0.25) is 0 Å². The zero-order chi connectivity index (χ0) is 12.4. The van der Waals surface area contributed by atoms with Crippen molar-refractivity contribution in [2.75, 3.05) is 5.32 Å². The lowest BCUT2D eigenvalue weighted by Gasteiger charge is -2.05. The molecule has 2 aromatic rings. The molecule has 1 heterocycles. The average molecular weight is 238 g/mol. The molecule has 0 aliphatic carbocycles. The first-order valence-electron chi connectivity index (χ1n) is 5.18.